The second-order valence-corrected chi connectivity index (χ2v) is 7.43. The molecule has 6 heteroatoms. The maximum absolute atomic E-state index is 12.7. The Hall–Kier alpha value is -1.99. The number of benzene rings is 1. The minimum atomic E-state index is -1.87. The van der Waals surface area contributed by atoms with E-state index in [9.17, 15) is 25.2 Å². The van der Waals surface area contributed by atoms with Gasteiger partial charge in [-0.3, -0.25) is 4.79 Å². The molecule has 138 valence electrons. The minimum absolute atomic E-state index is 0.133. The van der Waals surface area contributed by atoms with Crippen LogP contribution >= 0.6 is 0 Å². The van der Waals surface area contributed by atoms with Crippen LogP contribution in [0.15, 0.2) is 41.5 Å². The number of aliphatic hydroxyl groups excluding tert-OH is 3. The van der Waals surface area contributed by atoms with Crippen LogP contribution in [0.3, 0.4) is 0 Å². The molecular formula is C20H22O6. The number of carbonyl (C=O) groups is 1. The first kappa shape index (κ1) is 17.4. The Kier molecular flexibility index (Phi) is 3.86. The lowest BCUT2D eigenvalue weighted by atomic mass is 9.60. The van der Waals surface area contributed by atoms with Gasteiger partial charge in [0, 0.05) is 17.6 Å². The third-order valence-electron chi connectivity index (χ3n) is 5.98. The van der Waals surface area contributed by atoms with Crippen LogP contribution in [0, 0.1) is 11.8 Å². The number of ether oxygens (including phenoxy) is 1. The van der Waals surface area contributed by atoms with Crippen molar-refractivity contribution < 1.29 is 30.0 Å². The minimum Gasteiger partial charge on any atom is -0.496 e. The van der Waals surface area contributed by atoms with Gasteiger partial charge in [-0.05, 0) is 29.2 Å². The van der Waals surface area contributed by atoms with Crippen LogP contribution in [-0.2, 0) is 4.79 Å². The standard InChI is InChI=1S/C20H22O6/c1-9-8-12(21)14-11(17(9)22)6-7-20(25)16(14)18(23)10-4-3-5-13(26-2)15(10)19(20)24/h3-7,9,16-19,22-25H,8H2,1-2H3/t9-,16+,17+,18-,19-,20+/m0/s1. The Balaban J connectivity index is 1.95. The lowest BCUT2D eigenvalue weighted by Gasteiger charge is -2.49. The van der Waals surface area contributed by atoms with Gasteiger partial charge in [-0.25, -0.2) is 0 Å². The predicted octanol–water partition coefficient (Wildman–Crippen LogP) is 0.959. The monoisotopic (exact) mass is 358 g/mol. The van der Waals surface area contributed by atoms with E-state index in [-0.39, 0.29) is 23.7 Å². The maximum Gasteiger partial charge on any atom is 0.160 e. The Labute approximate surface area is 151 Å². The molecule has 0 saturated carbocycles. The molecule has 0 fully saturated rings. The lowest BCUT2D eigenvalue weighted by Crippen LogP contribution is -2.53. The summed E-state index contributed by atoms with van der Waals surface area (Å²) in [4.78, 5) is 12.7. The van der Waals surface area contributed by atoms with Crippen molar-refractivity contribution in [3.05, 3.63) is 52.6 Å². The topological polar surface area (TPSA) is 107 Å². The quantitative estimate of drug-likeness (QED) is 0.596. The molecule has 0 amide bonds. The Bertz CT molecular complexity index is 841. The SMILES string of the molecule is COc1cccc2c1[C@H](O)[C@@]1(O)C=CC3=C(C(=O)C[C@H](C)[C@H]3O)[C@@H]1[C@H]2O. The largest absolute Gasteiger partial charge is 0.496 e. The number of Topliss-reactive ketones (excluding diaryl/α,β-unsaturated/α-hetero) is 1. The van der Waals surface area contributed by atoms with Gasteiger partial charge >= 0.3 is 0 Å². The number of fused-ring (bicyclic) bond motifs is 3. The van der Waals surface area contributed by atoms with Crippen molar-refractivity contribution in [2.24, 2.45) is 11.8 Å². The van der Waals surface area contributed by atoms with E-state index in [4.69, 9.17) is 4.74 Å². The van der Waals surface area contributed by atoms with E-state index in [0.717, 1.165) is 0 Å². The summed E-state index contributed by atoms with van der Waals surface area (Å²) >= 11 is 0. The molecule has 0 bridgehead atoms. The molecule has 0 unspecified atom stereocenters. The van der Waals surface area contributed by atoms with Gasteiger partial charge in [0.2, 0.25) is 0 Å². The number of carbonyl (C=O) groups excluding carboxylic acids is 1. The van der Waals surface area contributed by atoms with E-state index >= 15 is 0 Å². The molecule has 0 aliphatic heterocycles. The average Bonchev–Trinajstić information content (AvgIpc) is 2.63. The molecule has 4 rings (SSSR count). The van der Waals surface area contributed by atoms with Crippen LogP contribution in [-0.4, -0.2) is 45.0 Å². The Morgan fingerprint density at radius 3 is 2.62 bits per heavy atom. The fourth-order valence-electron chi connectivity index (χ4n) is 4.61. The highest BCUT2D eigenvalue weighted by Gasteiger charge is 2.57. The van der Waals surface area contributed by atoms with Crippen molar-refractivity contribution in [2.75, 3.05) is 7.11 Å². The van der Waals surface area contributed by atoms with E-state index in [2.05, 4.69) is 0 Å². The van der Waals surface area contributed by atoms with Gasteiger partial charge in [-0.1, -0.05) is 25.1 Å². The van der Waals surface area contributed by atoms with Gasteiger partial charge in [0.25, 0.3) is 0 Å². The normalized spacial score (nSPS) is 38.5. The summed E-state index contributed by atoms with van der Waals surface area (Å²) in [5.41, 5.74) is -0.515. The molecule has 6 atom stereocenters. The second kappa shape index (κ2) is 5.76. The summed E-state index contributed by atoms with van der Waals surface area (Å²) in [5.74, 6) is -1.15. The van der Waals surface area contributed by atoms with Gasteiger partial charge < -0.3 is 25.2 Å². The van der Waals surface area contributed by atoms with Crippen molar-refractivity contribution in [2.45, 2.75) is 37.3 Å². The number of ketones is 1. The summed E-state index contributed by atoms with van der Waals surface area (Å²) in [6, 6.07) is 4.98. The van der Waals surface area contributed by atoms with E-state index in [1.165, 1.54) is 19.3 Å². The number of methoxy groups -OCH3 is 1. The summed E-state index contributed by atoms with van der Waals surface area (Å²) in [5, 5.41) is 43.8. The smallest absolute Gasteiger partial charge is 0.160 e. The molecule has 0 aromatic heterocycles. The molecule has 1 aromatic rings. The molecular weight excluding hydrogens is 336 g/mol. The molecule has 1 aromatic carbocycles. The average molecular weight is 358 g/mol. The van der Waals surface area contributed by atoms with Gasteiger partial charge in [0.1, 0.15) is 17.5 Å². The fourth-order valence-corrected chi connectivity index (χ4v) is 4.61. The fraction of sp³-hybridized carbons (Fsp3) is 0.450. The van der Waals surface area contributed by atoms with E-state index < -0.39 is 29.8 Å². The van der Waals surface area contributed by atoms with Gasteiger partial charge in [0.15, 0.2) is 5.78 Å². The molecule has 26 heavy (non-hydrogen) atoms. The third-order valence-corrected chi connectivity index (χ3v) is 5.98. The first-order valence-corrected chi connectivity index (χ1v) is 8.71. The number of hydrogen-bond donors (Lipinski definition) is 4. The molecule has 0 heterocycles. The zero-order valence-electron chi connectivity index (χ0n) is 14.6. The van der Waals surface area contributed by atoms with Gasteiger partial charge in [-0.15, -0.1) is 0 Å². The zero-order valence-corrected chi connectivity index (χ0v) is 14.6. The molecule has 0 saturated heterocycles. The van der Waals surface area contributed by atoms with Crippen molar-refractivity contribution in [1.29, 1.82) is 0 Å². The Morgan fingerprint density at radius 1 is 1.19 bits per heavy atom. The molecule has 4 N–H and O–H groups in total. The van der Waals surface area contributed by atoms with Gasteiger partial charge in [0.05, 0.1) is 25.2 Å². The summed E-state index contributed by atoms with van der Waals surface area (Å²) in [6.07, 6.45) is -0.424. The van der Waals surface area contributed by atoms with Crippen LogP contribution in [0.2, 0.25) is 0 Å². The van der Waals surface area contributed by atoms with Crippen LogP contribution in [0.1, 0.15) is 36.7 Å². The van der Waals surface area contributed by atoms with Gasteiger partial charge in [-0.2, -0.15) is 0 Å². The highest BCUT2D eigenvalue weighted by Crippen LogP contribution is 2.56. The number of hydrogen-bond acceptors (Lipinski definition) is 6. The first-order chi connectivity index (χ1) is 12.3. The molecule has 3 aliphatic carbocycles. The maximum atomic E-state index is 12.7. The van der Waals surface area contributed by atoms with E-state index in [1.807, 2.05) is 0 Å². The third kappa shape index (κ3) is 2.10. The Morgan fingerprint density at radius 2 is 1.92 bits per heavy atom. The zero-order chi connectivity index (χ0) is 18.8. The van der Waals surface area contributed by atoms with Crippen LogP contribution in [0.5, 0.6) is 5.75 Å². The molecule has 0 spiro atoms. The van der Waals surface area contributed by atoms with Crippen molar-refractivity contribution in [3.8, 4) is 5.75 Å². The molecule has 3 aliphatic rings. The number of aliphatic hydroxyl groups is 4. The highest BCUT2D eigenvalue weighted by molar-refractivity contribution is 5.99. The summed E-state index contributed by atoms with van der Waals surface area (Å²) in [6.45, 7) is 1.79. The highest BCUT2D eigenvalue weighted by atomic mass is 16.5. The van der Waals surface area contributed by atoms with Crippen molar-refractivity contribution in [3.63, 3.8) is 0 Å². The van der Waals surface area contributed by atoms with E-state index in [0.29, 0.717) is 22.4 Å². The van der Waals surface area contributed by atoms with E-state index in [1.54, 1.807) is 25.1 Å². The van der Waals surface area contributed by atoms with Crippen LogP contribution in [0.4, 0.5) is 0 Å². The second-order valence-electron chi connectivity index (χ2n) is 7.43. The lowest BCUT2D eigenvalue weighted by molar-refractivity contribution is -0.133. The summed E-state index contributed by atoms with van der Waals surface area (Å²) < 4.78 is 5.29. The van der Waals surface area contributed by atoms with Crippen LogP contribution < -0.4 is 4.74 Å². The number of rotatable bonds is 1. The van der Waals surface area contributed by atoms with Crippen molar-refractivity contribution >= 4 is 5.78 Å². The van der Waals surface area contributed by atoms with Crippen LogP contribution in [0.25, 0.3) is 0 Å². The van der Waals surface area contributed by atoms with Crippen molar-refractivity contribution in [1.82, 2.24) is 0 Å². The first-order valence-electron chi connectivity index (χ1n) is 8.71. The predicted molar refractivity (Wildman–Crippen MR) is 92.3 cm³/mol. The molecule has 0 radical (unpaired) electrons. The summed E-state index contributed by atoms with van der Waals surface area (Å²) in [7, 11) is 1.45. The molecule has 6 nitrogen and oxygen atoms in total.